The van der Waals surface area contributed by atoms with E-state index in [1.807, 2.05) is 44.2 Å². The van der Waals surface area contributed by atoms with Gasteiger partial charge in [0.1, 0.15) is 10.8 Å². The van der Waals surface area contributed by atoms with Gasteiger partial charge in [0.2, 0.25) is 5.88 Å². The molecule has 0 bridgehead atoms. The molecule has 19 heavy (non-hydrogen) atoms. The van der Waals surface area contributed by atoms with Gasteiger partial charge in [-0.2, -0.15) is 4.98 Å². The highest BCUT2D eigenvalue weighted by atomic mass is 35.5. The van der Waals surface area contributed by atoms with Crippen molar-refractivity contribution in [1.82, 2.24) is 9.97 Å². The minimum Gasteiger partial charge on any atom is -0.472 e. The van der Waals surface area contributed by atoms with E-state index in [0.29, 0.717) is 16.9 Å². The van der Waals surface area contributed by atoms with Gasteiger partial charge in [-0.05, 0) is 20.3 Å². The molecular formula is C15H17ClN2O. The first-order valence-electron chi connectivity index (χ1n) is 6.29. The van der Waals surface area contributed by atoms with Crippen LogP contribution in [0.5, 0.6) is 5.88 Å². The van der Waals surface area contributed by atoms with E-state index in [1.165, 1.54) is 0 Å². The fourth-order valence-corrected chi connectivity index (χ4v) is 1.69. The average molecular weight is 277 g/mol. The SMILES string of the molecule is CCC(C)(C)Oc1cc(Cl)nc(-c2ccccc2)n1. The van der Waals surface area contributed by atoms with Gasteiger partial charge in [0, 0.05) is 11.6 Å². The van der Waals surface area contributed by atoms with Gasteiger partial charge in [0.25, 0.3) is 0 Å². The van der Waals surface area contributed by atoms with Gasteiger partial charge >= 0.3 is 0 Å². The summed E-state index contributed by atoms with van der Waals surface area (Å²) in [6, 6.07) is 11.4. The molecule has 0 fully saturated rings. The third-order valence-corrected chi connectivity index (χ3v) is 3.13. The fourth-order valence-electron chi connectivity index (χ4n) is 1.52. The smallest absolute Gasteiger partial charge is 0.218 e. The molecule has 1 heterocycles. The predicted molar refractivity (Wildman–Crippen MR) is 77.5 cm³/mol. The van der Waals surface area contributed by atoms with E-state index in [0.717, 1.165) is 12.0 Å². The Morgan fingerprint density at radius 3 is 2.47 bits per heavy atom. The third-order valence-electron chi connectivity index (χ3n) is 2.94. The first-order valence-corrected chi connectivity index (χ1v) is 6.67. The molecule has 2 rings (SSSR count). The number of nitrogens with zero attached hydrogens (tertiary/aromatic N) is 2. The molecule has 100 valence electrons. The summed E-state index contributed by atoms with van der Waals surface area (Å²) in [5.41, 5.74) is 0.648. The normalized spacial score (nSPS) is 11.4. The summed E-state index contributed by atoms with van der Waals surface area (Å²) in [5, 5.41) is 0.385. The molecule has 2 aromatic rings. The van der Waals surface area contributed by atoms with E-state index in [1.54, 1.807) is 6.07 Å². The molecule has 0 saturated carbocycles. The van der Waals surface area contributed by atoms with Crippen LogP contribution in [0.4, 0.5) is 0 Å². The van der Waals surface area contributed by atoms with Crippen molar-refractivity contribution in [3.05, 3.63) is 41.6 Å². The molecule has 0 spiro atoms. The van der Waals surface area contributed by atoms with Crippen molar-refractivity contribution in [3.63, 3.8) is 0 Å². The largest absolute Gasteiger partial charge is 0.472 e. The van der Waals surface area contributed by atoms with Crippen molar-refractivity contribution in [2.45, 2.75) is 32.8 Å². The average Bonchev–Trinajstić information content (AvgIpc) is 2.38. The number of aromatic nitrogens is 2. The zero-order chi connectivity index (χ0) is 13.9. The zero-order valence-corrected chi connectivity index (χ0v) is 12.1. The van der Waals surface area contributed by atoms with Gasteiger partial charge < -0.3 is 4.74 Å². The molecule has 0 radical (unpaired) electrons. The maximum absolute atomic E-state index is 6.04. The molecule has 0 aliphatic carbocycles. The molecule has 0 amide bonds. The number of ether oxygens (including phenoxy) is 1. The minimum absolute atomic E-state index is 0.272. The predicted octanol–water partition coefficient (Wildman–Crippen LogP) is 4.36. The van der Waals surface area contributed by atoms with E-state index in [-0.39, 0.29) is 5.60 Å². The monoisotopic (exact) mass is 276 g/mol. The maximum atomic E-state index is 6.04. The summed E-state index contributed by atoms with van der Waals surface area (Å²) >= 11 is 6.04. The van der Waals surface area contributed by atoms with Crippen molar-refractivity contribution in [3.8, 4) is 17.3 Å². The second-order valence-corrected chi connectivity index (χ2v) is 5.32. The fraction of sp³-hybridized carbons (Fsp3) is 0.333. The molecule has 1 aromatic carbocycles. The highest BCUT2D eigenvalue weighted by molar-refractivity contribution is 6.29. The second kappa shape index (κ2) is 5.57. The van der Waals surface area contributed by atoms with E-state index in [4.69, 9.17) is 16.3 Å². The van der Waals surface area contributed by atoms with Gasteiger partial charge in [-0.15, -0.1) is 0 Å². The summed E-state index contributed by atoms with van der Waals surface area (Å²) in [6.07, 6.45) is 0.884. The molecule has 0 atom stereocenters. The second-order valence-electron chi connectivity index (χ2n) is 4.93. The van der Waals surface area contributed by atoms with E-state index in [9.17, 15) is 0 Å². The van der Waals surface area contributed by atoms with Crippen LogP contribution >= 0.6 is 11.6 Å². The lowest BCUT2D eigenvalue weighted by Gasteiger charge is -2.24. The van der Waals surface area contributed by atoms with Crippen molar-refractivity contribution >= 4 is 11.6 Å². The van der Waals surface area contributed by atoms with Gasteiger partial charge in [-0.25, -0.2) is 4.98 Å². The van der Waals surface area contributed by atoms with Crippen LogP contribution in [0, 0.1) is 0 Å². The van der Waals surface area contributed by atoms with Crippen LogP contribution in [0.25, 0.3) is 11.4 Å². The lowest BCUT2D eigenvalue weighted by atomic mass is 10.1. The number of rotatable bonds is 4. The van der Waals surface area contributed by atoms with Crippen LogP contribution in [-0.2, 0) is 0 Å². The summed E-state index contributed by atoms with van der Waals surface area (Å²) in [6.45, 7) is 6.11. The highest BCUT2D eigenvalue weighted by Gasteiger charge is 2.18. The van der Waals surface area contributed by atoms with Gasteiger partial charge in [-0.1, -0.05) is 48.9 Å². The minimum atomic E-state index is -0.272. The highest BCUT2D eigenvalue weighted by Crippen LogP contribution is 2.24. The van der Waals surface area contributed by atoms with Crippen LogP contribution in [0.2, 0.25) is 5.15 Å². The molecule has 0 N–H and O–H groups in total. The van der Waals surface area contributed by atoms with Crippen LogP contribution in [0.15, 0.2) is 36.4 Å². The first-order chi connectivity index (χ1) is 9.00. The Morgan fingerprint density at radius 2 is 1.84 bits per heavy atom. The standard InChI is InChI=1S/C15H17ClN2O/c1-4-15(2,3)19-13-10-12(16)17-14(18-13)11-8-6-5-7-9-11/h5-10H,4H2,1-3H3. The molecule has 3 nitrogen and oxygen atoms in total. The first kappa shape index (κ1) is 13.8. The van der Waals surface area contributed by atoms with Crippen LogP contribution in [-0.4, -0.2) is 15.6 Å². The Kier molecular flexibility index (Phi) is 4.05. The van der Waals surface area contributed by atoms with Gasteiger partial charge in [-0.3, -0.25) is 0 Å². The Hall–Kier alpha value is -1.61. The molecule has 0 saturated heterocycles. The van der Waals surface area contributed by atoms with Gasteiger partial charge in [0.05, 0.1) is 0 Å². The van der Waals surface area contributed by atoms with Crippen LogP contribution in [0.1, 0.15) is 27.2 Å². The van der Waals surface area contributed by atoms with Crippen molar-refractivity contribution in [2.24, 2.45) is 0 Å². The maximum Gasteiger partial charge on any atom is 0.218 e. The Bertz CT molecular complexity index is 555. The number of halogens is 1. The zero-order valence-electron chi connectivity index (χ0n) is 11.4. The molecule has 1 aromatic heterocycles. The molecule has 4 heteroatoms. The molecule has 0 unspecified atom stereocenters. The van der Waals surface area contributed by atoms with Crippen molar-refractivity contribution < 1.29 is 4.74 Å². The van der Waals surface area contributed by atoms with E-state index < -0.39 is 0 Å². The summed E-state index contributed by atoms with van der Waals surface area (Å²) < 4.78 is 5.86. The van der Waals surface area contributed by atoms with Crippen LogP contribution < -0.4 is 4.74 Å². The Balaban J connectivity index is 2.35. The topological polar surface area (TPSA) is 35.0 Å². The van der Waals surface area contributed by atoms with E-state index in [2.05, 4.69) is 16.9 Å². The summed E-state index contributed by atoms with van der Waals surface area (Å²) in [5.74, 6) is 1.08. The van der Waals surface area contributed by atoms with Crippen molar-refractivity contribution in [1.29, 1.82) is 0 Å². The Morgan fingerprint density at radius 1 is 1.16 bits per heavy atom. The van der Waals surface area contributed by atoms with Crippen molar-refractivity contribution in [2.75, 3.05) is 0 Å². The lowest BCUT2D eigenvalue weighted by Crippen LogP contribution is -2.27. The van der Waals surface area contributed by atoms with Crippen LogP contribution in [0.3, 0.4) is 0 Å². The van der Waals surface area contributed by atoms with Gasteiger partial charge in [0.15, 0.2) is 5.82 Å². The lowest BCUT2D eigenvalue weighted by molar-refractivity contribution is 0.0990. The number of hydrogen-bond donors (Lipinski definition) is 0. The molecular weight excluding hydrogens is 260 g/mol. The quantitative estimate of drug-likeness (QED) is 0.778. The van der Waals surface area contributed by atoms with E-state index >= 15 is 0 Å². The summed E-state index contributed by atoms with van der Waals surface area (Å²) in [7, 11) is 0. The molecule has 0 aliphatic rings. The number of benzene rings is 1. The third kappa shape index (κ3) is 3.67. The number of hydrogen-bond acceptors (Lipinski definition) is 3. The Labute approximate surface area is 118 Å². The summed E-state index contributed by atoms with van der Waals surface area (Å²) in [4.78, 5) is 8.65. The molecule has 0 aliphatic heterocycles.